The molecular weight excluding hydrogens is 132 g/mol. The summed E-state index contributed by atoms with van der Waals surface area (Å²) in [7, 11) is 0. The van der Waals surface area contributed by atoms with Crippen molar-refractivity contribution in [2.45, 2.75) is 31.5 Å². The minimum atomic E-state index is -0.771. The van der Waals surface area contributed by atoms with E-state index < -0.39 is 11.7 Å². The van der Waals surface area contributed by atoms with Gasteiger partial charge < -0.3 is 15.3 Å². The molecule has 0 bridgehead atoms. The summed E-state index contributed by atoms with van der Waals surface area (Å²) in [6, 6.07) is 0. The van der Waals surface area contributed by atoms with E-state index >= 15 is 0 Å². The Morgan fingerprint density at radius 1 is 1.50 bits per heavy atom. The van der Waals surface area contributed by atoms with Crippen LogP contribution < -0.4 is 0 Å². The lowest BCUT2D eigenvalue weighted by molar-refractivity contribution is 0.0505. The Morgan fingerprint density at radius 2 is 2.10 bits per heavy atom. The summed E-state index contributed by atoms with van der Waals surface area (Å²) in [5.74, 6) is -0.130. The number of hydrogen-bond acceptors (Lipinski definition) is 3. The molecule has 0 heterocycles. The van der Waals surface area contributed by atoms with E-state index in [4.69, 9.17) is 5.11 Å². The van der Waals surface area contributed by atoms with Gasteiger partial charge >= 0.3 is 0 Å². The summed E-state index contributed by atoms with van der Waals surface area (Å²) < 4.78 is 0. The molecular formula is C7H14O3. The first-order valence-corrected chi connectivity index (χ1v) is 3.56. The minimum Gasteiger partial charge on any atom is -0.396 e. The second-order valence-electron chi connectivity index (χ2n) is 3.42. The van der Waals surface area contributed by atoms with Crippen LogP contribution in [0.5, 0.6) is 0 Å². The quantitative estimate of drug-likeness (QED) is 0.467. The smallest absolute Gasteiger partial charge is 0.0649 e. The van der Waals surface area contributed by atoms with E-state index in [1.165, 1.54) is 0 Å². The molecule has 1 aliphatic carbocycles. The van der Waals surface area contributed by atoms with Gasteiger partial charge in [-0.25, -0.2) is 0 Å². The van der Waals surface area contributed by atoms with Gasteiger partial charge in [-0.15, -0.1) is 0 Å². The zero-order valence-electron chi connectivity index (χ0n) is 6.12. The molecule has 3 nitrogen and oxygen atoms in total. The van der Waals surface area contributed by atoms with E-state index in [1.54, 1.807) is 6.92 Å². The van der Waals surface area contributed by atoms with Gasteiger partial charge in [0, 0.05) is 18.9 Å². The van der Waals surface area contributed by atoms with Crippen LogP contribution in [-0.2, 0) is 0 Å². The van der Waals surface area contributed by atoms with Crippen LogP contribution in [0.2, 0.25) is 0 Å². The molecule has 0 aromatic rings. The highest BCUT2D eigenvalue weighted by Gasteiger charge is 2.39. The van der Waals surface area contributed by atoms with E-state index in [0.717, 1.165) is 0 Å². The molecule has 0 unspecified atom stereocenters. The fourth-order valence-electron chi connectivity index (χ4n) is 1.59. The van der Waals surface area contributed by atoms with Crippen molar-refractivity contribution in [2.24, 2.45) is 5.92 Å². The van der Waals surface area contributed by atoms with Crippen molar-refractivity contribution in [3.63, 3.8) is 0 Å². The van der Waals surface area contributed by atoms with Crippen molar-refractivity contribution in [2.75, 3.05) is 6.61 Å². The van der Waals surface area contributed by atoms with E-state index in [2.05, 4.69) is 0 Å². The van der Waals surface area contributed by atoms with Gasteiger partial charge in [0.25, 0.3) is 0 Å². The summed E-state index contributed by atoms with van der Waals surface area (Å²) in [6.45, 7) is 1.66. The molecule has 10 heavy (non-hydrogen) atoms. The van der Waals surface area contributed by atoms with Crippen LogP contribution in [0.15, 0.2) is 0 Å². The van der Waals surface area contributed by atoms with Crippen LogP contribution in [0.4, 0.5) is 0 Å². The normalized spacial score (nSPS) is 48.0. The van der Waals surface area contributed by atoms with Gasteiger partial charge in [0.05, 0.1) is 11.7 Å². The first kappa shape index (κ1) is 7.98. The molecule has 0 spiro atoms. The molecule has 1 saturated carbocycles. The third kappa shape index (κ3) is 1.48. The molecule has 0 saturated heterocycles. The van der Waals surface area contributed by atoms with Gasteiger partial charge in [-0.2, -0.15) is 0 Å². The van der Waals surface area contributed by atoms with Crippen LogP contribution in [0.25, 0.3) is 0 Å². The van der Waals surface area contributed by atoms with Gasteiger partial charge in [-0.3, -0.25) is 0 Å². The Morgan fingerprint density at radius 3 is 2.30 bits per heavy atom. The third-order valence-electron chi connectivity index (χ3n) is 2.13. The first-order chi connectivity index (χ1) is 4.55. The van der Waals surface area contributed by atoms with E-state index in [1.807, 2.05) is 0 Å². The molecule has 60 valence electrons. The molecule has 0 radical (unpaired) electrons. The second-order valence-corrected chi connectivity index (χ2v) is 3.42. The maximum absolute atomic E-state index is 9.40. The van der Waals surface area contributed by atoms with Crippen molar-refractivity contribution in [1.29, 1.82) is 0 Å². The predicted molar refractivity (Wildman–Crippen MR) is 36.4 cm³/mol. The standard InChI is InChI=1S/C7H14O3/c1-7(10)2-5(4-8)6(9)3-7/h5-6,8-10H,2-4H2,1H3/t5-,6-,7-/m0/s1. The third-order valence-corrected chi connectivity index (χ3v) is 2.13. The largest absolute Gasteiger partial charge is 0.396 e. The first-order valence-electron chi connectivity index (χ1n) is 3.56. The topological polar surface area (TPSA) is 60.7 Å². The van der Waals surface area contributed by atoms with Crippen molar-refractivity contribution in [3.8, 4) is 0 Å². The molecule has 1 rings (SSSR count). The van der Waals surface area contributed by atoms with Crippen molar-refractivity contribution in [1.82, 2.24) is 0 Å². The van der Waals surface area contributed by atoms with Gasteiger partial charge in [-0.1, -0.05) is 0 Å². The molecule has 3 N–H and O–H groups in total. The monoisotopic (exact) mass is 146 g/mol. The summed E-state index contributed by atoms with van der Waals surface area (Å²) in [5.41, 5.74) is -0.771. The van der Waals surface area contributed by atoms with E-state index in [0.29, 0.717) is 12.8 Å². The summed E-state index contributed by atoms with van der Waals surface area (Å²) in [5, 5.41) is 27.3. The fourth-order valence-corrected chi connectivity index (χ4v) is 1.59. The lowest BCUT2D eigenvalue weighted by Gasteiger charge is -2.13. The fraction of sp³-hybridized carbons (Fsp3) is 1.00. The lowest BCUT2D eigenvalue weighted by Crippen LogP contribution is -2.19. The molecule has 1 fully saturated rings. The predicted octanol–water partition coefficient (Wildman–Crippen LogP) is -0.499. The SMILES string of the molecule is C[C@]1(O)C[C@@H](CO)[C@@H](O)C1. The molecule has 0 aliphatic heterocycles. The number of rotatable bonds is 1. The van der Waals surface area contributed by atoms with Crippen molar-refractivity contribution < 1.29 is 15.3 Å². The number of hydrogen-bond donors (Lipinski definition) is 3. The zero-order chi connectivity index (χ0) is 7.78. The summed E-state index contributed by atoms with van der Waals surface area (Å²) in [4.78, 5) is 0. The van der Waals surface area contributed by atoms with Crippen LogP contribution in [0, 0.1) is 5.92 Å². The minimum absolute atomic E-state index is 0.0304. The van der Waals surface area contributed by atoms with Gasteiger partial charge in [-0.05, 0) is 13.3 Å². The molecule has 0 aromatic heterocycles. The second kappa shape index (κ2) is 2.49. The van der Waals surface area contributed by atoms with Crippen molar-refractivity contribution in [3.05, 3.63) is 0 Å². The molecule has 3 heteroatoms. The summed E-state index contributed by atoms with van der Waals surface area (Å²) in [6.07, 6.45) is 0.364. The van der Waals surface area contributed by atoms with Crippen LogP contribution >= 0.6 is 0 Å². The van der Waals surface area contributed by atoms with Crippen LogP contribution in [0.1, 0.15) is 19.8 Å². The highest BCUT2D eigenvalue weighted by molar-refractivity contribution is 4.91. The maximum Gasteiger partial charge on any atom is 0.0649 e. The Balaban J connectivity index is 2.52. The van der Waals surface area contributed by atoms with Gasteiger partial charge in [0.15, 0.2) is 0 Å². The Labute approximate surface area is 60.3 Å². The van der Waals surface area contributed by atoms with Gasteiger partial charge in [0.2, 0.25) is 0 Å². The lowest BCUT2D eigenvalue weighted by atomic mass is 10.0. The average Bonchev–Trinajstić information content (AvgIpc) is 2.05. The van der Waals surface area contributed by atoms with Crippen LogP contribution in [-0.4, -0.2) is 33.6 Å². The number of aliphatic hydroxyl groups excluding tert-OH is 2. The maximum atomic E-state index is 9.40. The number of aliphatic hydroxyl groups is 3. The zero-order valence-corrected chi connectivity index (χ0v) is 6.12. The molecule has 0 amide bonds. The molecule has 1 aliphatic rings. The Bertz CT molecular complexity index is 122. The van der Waals surface area contributed by atoms with E-state index in [9.17, 15) is 10.2 Å². The van der Waals surface area contributed by atoms with Gasteiger partial charge in [0.1, 0.15) is 0 Å². The highest BCUT2D eigenvalue weighted by Crippen LogP contribution is 2.33. The van der Waals surface area contributed by atoms with Crippen LogP contribution in [0.3, 0.4) is 0 Å². The Kier molecular flexibility index (Phi) is 1.99. The molecule has 3 atom stereocenters. The van der Waals surface area contributed by atoms with E-state index in [-0.39, 0.29) is 12.5 Å². The molecule has 0 aromatic carbocycles. The Hall–Kier alpha value is -0.120. The van der Waals surface area contributed by atoms with Crippen molar-refractivity contribution >= 4 is 0 Å². The highest BCUT2D eigenvalue weighted by atomic mass is 16.3. The summed E-state index contributed by atoms with van der Waals surface area (Å²) >= 11 is 0. The average molecular weight is 146 g/mol.